The van der Waals surface area contributed by atoms with E-state index in [-0.39, 0.29) is 23.8 Å². The summed E-state index contributed by atoms with van der Waals surface area (Å²) in [6.45, 7) is 0.627. The van der Waals surface area contributed by atoms with Gasteiger partial charge in [-0.2, -0.15) is 0 Å². The number of nitrogens with zero attached hydrogens (tertiary/aromatic N) is 1. The van der Waals surface area contributed by atoms with E-state index < -0.39 is 0 Å². The first kappa shape index (κ1) is 17.5. The number of nitrogens with one attached hydrogen (secondary N) is 1. The molecular weight excluding hydrogens is 326 g/mol. The summed E-state index contributed by atoms with van der Waals surface area (Å²) in [6.07, 6.45) is 8.04. The van der Waals surface area contributed by atoms with Crippen molar-refractivity contribution in [3.05, 3.63) is 29.8 Å². The summed E-state index contributed by atoms with van der Waals surface area (Å²) in [7, 11) is 0. The van der Waals surface area contributed by atoms with Gasteiger partial charge < -0.3 is 16.0 Å². The van der Waals surface area contributed by atoms with Gasteiger partial charge in [0.05, 0.1) is 0 Å². The van der Waals surface area contributed by atoms with Gasteiger partial charge in [0, 0.05) is 36.2 Å². The Morgan fingerprint density at radius 1 is 1.00 bits per heavy atom. The highest BCUT2D eigenvalue weighted by Crippen LogP contribution is 2.35. The van der Waals surface area contributed by atoms with Gasteiger partial charge in [-0.1, -0.05) is 12.1 Å². The molecule has 4 rings (SSSR count). The number of carbonyl (C=O) groups excluding carboxylic acids is 2. The average Bonchev–Trinajstić information content (AvgIpc) is 3.52. The van der Waals surface area contributed by atoms with Crippen LogP contribution in [0.15, 0.2) is 24.3 Å². The third-order valence-corrected chi connectivity index (χ3v) is 5.89. The minimum Gasteiger partial charge on any atom is -0.335 e. The normalized spacial score (nSPS) is 25.6. The van der Waals surface area contributed by atoms with Crippen LogP contribution in [-0.4, -0.2) is 28.8 Å². The van der Waals surface area contributed by atoms with Crippen molar-refractivity contribution in [3.8, 4) is 0 Å². The molecule has 0 atom stereocenters. The van der Waals surface area contributed by atoms with Crippen LogP contribution < -0.4 is 11.1 Å². The van der Waals surface area contributed by atoms with Gasteiger partial charge in [0.25, 0.3) is 0 Å². The Morgan fingerprint density at radius 3 is 2.35 bits per heavy atom. The molecule has 1 aromatic rings. The van der Waals surface area contributed by atoms with E-state index in [1.807, 2.05) is 18.2 Å². The fraction of sp³-hybridized carbons (Fsp3) is 0.619. The van der Waals surface area contributed by atoms with Gasteiger partial charge >= 0.3 is 0 Å². The highest BCUT2D eigenvalue weighted by atomic mass is 16.2. The molecule has 0 unspecified atom stereocenters. The second-order valence-electron chi connectivity index (χ2n) is 8.27. The number of nitrogens with two attached hydrogens (primary N) is 1. The smallest absolute Gasteiger partial charge is 0.227 e. The first-order valence-electron chi connectivity index (χ1n) is 10.1. The molecule has 26 heavy (non-hydrogen) atoms. The molecule has 0 aromatic heterocycles. The molecule has 3 N–H and O–H groups in total. The van der Waals surface area contributed by atoms with E-state index in [1.54, 1.807) is 0 Å². The van der Waals surface area contributed by atoms with Crippen LogP contribution in [0.25, 0.3) is 0 Å². The van der Waals surface area contributed by atoms with Crippen LogP contribution in [0, 0.1) is 11.8 Å². The first-order valence-corrected chi connectivity index (χ1v) is 10.1. The molecule has 3 fully saturated rings. The van der Waals surface area contributed by atoms with Gasteiger partial charge in [-0.15, -0.1) is 0 Å². The molecule has 3 saturated carbocycles. The summed E-state index contributed by atoms with van der Waals surface area (Å²) in [5.41, 5.74) is 7.97. The SMILES string of the molecule is NC1CCC(N(Cc2cccc(NC(=O)C3CC3)c2)C(=O)C2CC2)CC1. The predicted octanol–water partition coefficient (Wildman–Crippen LogP) is 3.04. The molecule has 0 aliphatic heterocycles. The van der Waals surface area contributed by atoms with Crippen molar-refractivity contribution in [1.82, 2.24) is 4.90 Å². The topological polar surface area (TPSA) is 75.4 Å². The summed E-state index contributed by atoms with van der Waals surface area (Å²) in [5, 5.41) is 3.01. The lowest BCUT2D eigenvalue weighted by Crippen LogP contribution is -2.44. The van der Waals surface area contributed by atoms with Gasteiger partial charge in [-0.3, -0.25) is 9.59 Å². The summed E-state index contributed by atoms with van der Waals surface area (Å²) in [6, 6.07) is 8.54. The Labute approximate surface area is 155 Å². The number of hydrogen-bond acceptors (Lipinski definition) is 3. The van der Waals surface area contributed by atoms with Crippen molar-refractivity contribution in [2.75, 3.05) is 5.32 Å². The Bertz CT molecular complexity index is 674. The lowest BCUT2D eigenvalue weighted by atomic mass is 9.90. The van der Waals surface area contributed by atoms with Crippen LogP contribution in [0.4, 0.5) is 5.69 Å². The van der Waals surface area contributed by atoms with E-state index in [4.69, 9.17) is 5.73 Å². The third-order valence-electron chi connectivity index (χ3n) is 5.89. The zero-order valence-electron chi connectivity index (χ0n) is 15.3. The maximum absolute atomic E-state index is 12.9. The van der Waals surface area contributed by atoms with Crippen molar-refractivity contribution in [1.29, 1.82) is 0 Å². The molecule has 140 valence electrons. The van der Waals surface area contributed by atoms with Crippen LogP contribution in [0.1, 0.15) is 56.9 Å². The van der Waals surface area contributed by atoms with E-state index in [1.165, 1.54) is 0 Å². The van der Waals surface area contributed by atoms with Gasteiger partial charge in [0.2, 0.25) is 11.8 Å². The summed E-state index contributed by atoms with van der Waals surface area (Å²) in [4.78, 5) is 27.0. The number of amides is 2. The van der Waals surface area contributed by atoms with Crippen LogP contribution in [0.5, 0.6) is 0 Å². The van der Waals surface area contributed by atoms with E-state index in [0.717, 1.165) is 62.6 Å². The van der Waals surface area contributed by atoms with E-state index in [0.29, 0.717) is 18.5 Å². The molecule has 2 amide bonds. The van der Waals surface area contributed by atoms with Crippen molar-refractivity contribution in [2.24, 2.45) is 17.6 Å². The molecular formula is C21H29N3O2. The first-order chi connectivity index (χ1) is 12.6. The Kier molecular flexibility index (Phi) is 4.98. The number of anilines is 1. The van der Waals surface area contributed by atoms with Gasteiger partial charge in [0.15, 0.2) is 0 Å². The van der Waals surface area contributed by atoms with Gasteiger partial charge in [0.1, 0.15) is 0 Å². The van der Waals surface area contributed by atoms with Gasteiger partial charge in [-0.05, 0) is 69.1 Å². The zero-order chi connectivity index (χ0) is 18.1. The molecule has 0 saturated heterocycles. The molecule has 0 radical (unpaired) electrons. The van der Waals surface area contributed by atoms with E-state index >= 15 is 0 Å². The molecule has 5 heteroatoms. The number of carbonyl (C=O) groups is 2. The second-order valence-corrected chi connectivity index (χ2v) is 8.27. The van der Waals surface area contributed by atoms with Crippen LogP contribution in [-0.2, 0) is 16.1 Å². The molecule has 1 aromatic carbocycles. The molecule has 3 aliphatic carbocycles. The highest BCUT2D eigenvalue weighted by molar-refractivity contribution is 5.94. The average molecular weight is 355 g/mol. The largest absolute Gasteiger partial charge is 0.335 e. The molecule has 0 heterocycles. The van der Waals surface area contributed by atoms with Crippen LogP contribution in [0.3, 0.4) is 0 Å². The number of hydrogen-bond donors (Lipinski definition) is 2. The fourth-order valence-corrected chi connectivity index (χ4v) is 3.90. The quantitative estimate of drug-likeness (QED) is 0.823. The lowest BCUT2D eigenvalue weighted by Gasteiger charge is -2.36. The van der Waals surface area contributed by atoms with E-state index in [2.05, 4.69) is 16.3 Å². The minimum atomic E-state index is 0.120. The number of benzene rings is 1. The zero-order valence-corrected chi connectivity index (χ0v) is 15.3. The maximum atomic E-state index is 12.9. The molecule has 0 bridgehead atoms. The summed E-state index contributed by atoms with van der Waals surface area (Å²) < 4.78 is 0. The standard InChI is InChI=1S/C21H29N3O2/c22-17-8-10-19(11-9-17)24(21(26)16-6-7-16)13-14-2-1-3-18(12-14)23-20(25)15-4-5-15/h1-3,12,15-17,19H,4-11,13,22H2,(H,23,25). The molecule has 3 aliphatic rings. The van der Waals surface area contributed by atoms with Gasteiger partial charge in [-0.25, -0.2) is 0 Å². The van der Waals surface area contributed by atoms with Crippen molar-refractivity contribution in [2.45, 2.75) is 70.0 Å². The molecule has 5 nitrogen and oxygen atoms in total. The monoisotopic (exact) mass is 355 g/mol. The third kappa shape index (κ3) is 4.26. The molecule has 0 spiro atoms. The predicted molar refractivity (Wildman–Crippen MR) is 101 cm³/mol. The van der Waals surface area contributed by atoms with Crippen LogP contribution in [0.2, 0.25) is 0 Å². The minimum absolute atomic E-state index is 0.120. The number of rotatable bonds is 6. The fourth-order valence-electron chi connectivity index (χ4n) is 3.90. The summed E-state index contributed by atoms with van der Waals surface area (Å²) >= 11 is 0. The summed E-state index contributed by atoms with van der Waals surface area (Å²) in [5.74, 6) is 0.841. The maximum Gasteiger partial charge on any atom is 0.227 e. The van der Waals surface area contributed by atoms with Crippen molar-refractivity contribution >= 4 is 17.5 Å². The van der Waals surface area contributed by atoms with Crippen molar-refractivity contribution < 1.29 is 9.59 Å². The van der Waals surface area contributed by atoms with Crippen LogP contribution >= 0.6 is 0 Å². The Hall–Kier alpha value is -1.88. The lowest BCUT2D eigenvalue weighted by molar-refractivity contribution is -0.136. The van der Waals surface area contributed by atoms with E-state index in [9.17, 15) is 9.59 Å². The van der Waals surface area contributed by atoms with Crippen molar-refractivity contribution in [3.63, 3.8) is 0 Å². The highest BCUT2D eigenvalue weighted by Gasteiger charge is 2.37. The Morgan fingerprint density at radius 2 is 1.69 bits per heavy atom. The second kappa shape index (κ2) is 7.39. The Balaban J connectivity index is 1.46.